The number of anilines is 1. The van der Waals surface area contributed by atoms with Crippen LogP contribution in [0.3, 0.4) is 0 Å². The Balaban J connectivity index is 2.79. The highest BCUT2D eigenvalue weighted by Gasteiger charge is 2.12. The number of carbonyl (C=O) groups is 1. The lowest BCUT2D eigenvalue weighted by atomic mass is 10.2. The fraction of sp³-hybridized carbons (Fsp3) is 0. The van der Waals surface area contributed by atoms with Crippen molar-refractivity contribution in [2.75, 3.05) is 5.73 Å². The van der Waals surface area contributed by atoms with E-state index in [2.05, 4.69) is 20.9 Å². The molecule has 1 aromatic heterocycles. The van der Waals surface area contributed by atoms with Gasteiger partial charge in [0.15, 0.2) is 0 Å². The molecule has 0 radical (unpaired) electrons. The fourth-order valence-corrected chi connectivity index (χ4v) is 1.75. The van der Waals surface area contributed by atoms with Crippen LogP contribution in [-0.2, 0) is 0 Å². The van der Waals surface area contributed by atoms with Crippen LogP contribution >= 0.6 is 15.9 Å². The van der Waals surface area contributed by atoms with Crippen molar-refractivity contribution in [1.82, 2.24) is 4.98 Å². The molecular formula is C9H8BrN3O. The van der Waals surface area contributed by atoms with Crippen molar-refractivity contribution in [3.8, 4) is 0 Å². The molecule has 4 nitrogen and oxygen atoms in total. The van der Waals surface area contributed by atoms with Crippen LogP contribution in [0.15, 0.2) is 22.7 Å². The molecule has 0 saturated heterocycles. The zero-order valence-electron chi connectivity index (χ0n) is 7.17. The second-order valence-corrected chi connectivity index (χ2v) is 3.88. The number of rotatable bonds is 1. The van der Waals surface area contributed by atoms with Gasteiger partial charge in [-0.25, -0.2) is 0 Å². The SMILES string of the molecule is NC(=O)c1[nH]c2cc(Br)ccc2c1N. The van der Waals surface area contributed by atoms with E-state index in [1.165, 1.54) is 0 Å². The number of nitrogens with two attached hydrogens (primary N) is 2. The molecule has 0 aliphatic heterocycles. The van der Waals surface area contributed by atoms with E-state index in [9.17, 15) is 4.79 Å². The van der Waals surface area contributed by atoms with Crippen LogP contribution in [0.2, 0.25) is 0 Å². The summed E-state index contributed by atoms with van der Waals surface area (Å²) in [7, 11) is 0. The number of amides is 1. The monoisotopic (exact) mass is 253 g/mol. The average Bonchev–Trinajstić information content (AvgIpc) is 2.43. The number of nitrogen functional groups attached to an aromatic ring is 1. The van der Waals surface area contributed by atoms with Crippen molar-refractivity contribution in [2.45, 2.75) is 0 Å². The van der Waals surface area contributed by atoms with E-state index < -0.39 is 5.91 Å². The predicted molar refractivity (Wildman–Crippen MR) is 58.9 cm³/mol. The third-order valence-corrected chi connectivity index (χ3v) is 2.54. The van der Waals surface area contributed by atoms with Gasteiger partial charge in [-0.3, -0.25) is 4.79 Å². The molecule has 0 spiro atoms. The zero-order chi connectivity index (χ0) is 10.3. The molecule has 0 saturated carbocycles. The first-order chi connectivity index (χ1) is 6.59. The lowest BCUT2D eigenvalue weighted by molar-refractivity contribution is 0.0997. The number of aromatic nitrogens is 1. The van der Waals surface area contributed by atoms with E-state index >= 15 is 0 Å². The summed E-state index contributed by atoms with van der Waals surface area (Å²) in [6.45, 7) is 0. The molecule has 0 aliphatic rings. The van der Waals surface area contributed by atoms with Gasteiger partial charge < -0.3 is 16.5 Å². The molecule has 0 unspecified atom stereocenters. The first-order valence-electron chi connectivity index (χ1n) is 3.96. The average molecular weight is 254 g/mol. The third-order valence-electron chi connectivity index (χ3n) is 2.05. The van der Waals surface area contributed by atoms with Gasteiger partial charge in [-0.05, 0) is 18.2 Å². The number of H-pyrrole nitrogens is 1. The van der Waals surface area contributed by atoms with Crippen LogP contribution in [0.1, 0.15) is 10.5 Å². The minimum Gasteiger partial charge on any atom is -0.396 e. The molecule has 1 aromatic carbocycles. The van der Waals surface area contributed by atoms with Gasteiger partial charge in [0.1, 0.15) is 5.69 Å². The highest BCUT2D eigenvalue weighted by molar-refractivity contribution is 9.10. The van der Waals surface area contributed by atoms with Gasteiger partial charge in [0.05, 0.1) is 5.69 Å². The summed E-state index contributed by atoms with van der Waals surface area (Å²) in [5.74, 6) is -0.546. The van der Waals surface area contributed by atoms with Crippen molar-refractivity contribution < 1.29 is 4.79 Å². The van der Waals surface area contributed by atoms with Crippen molar-refractivity contribution in [3.63, 3.8) is 0 Å². The molecule has 5 heteroatoms. The smallest absolute Gasteiger partial charge is 0.267 e. The first-order valence-corrected chi connectivity index (χ1v) is 4.75. The van der Waals surface area contributed by atoms with E-state index in [0.29, 0.717) is 5.69 Å². The summed E-state index contributed by atoms with van der Waals surface area (Å²) < 4.78 is 0.919. The number of nitrogens with one attached hydrogen (secondary N) is 1. The van der Waals surface area contributed by atoms with Crippen LogP contribution in [0.4, 0.5) is 5.69 Å². The van der Waals surface area contributed by atoms with Gasteiger partial charge in [0.2, 0.25) is 0 Å². The molecule has 0 atom stereocenters. The molecule has 2 rings (SSSR count). The van der Waals surface area contributed by atoms with Gasteiger partial charge in [-0.2, -0.15) is 0 Å². The Morgan fingerprint density at radius 1 is 1.43 bits per heavy atom. The molecule has 72 valence electrons. The van der Waals surface area contributed by atoms with Crippen LogP contribution in [-0.4, -0.2) is 10.9 Å². The van der Waals surface area contributed by atoms with Crippen molar-refractivity contribution in [2.24, 2.45) is 5.73 Å². The molecule has 2 aromatic rings. The number of aromatic amines is 1. The fourth-order valence-electron chi connectivity index (χ4n) is 1.39. The second-order valence-electron chi connectivity index (χ2n) is 2.97. The Bertz CT molecular complexity index is 518. The minimum atomic E-state index is -0.546. The van der Waals surface area contributed by atoms with E-state index in [1.807, 2.05) is 18.2 Å². The van der Waals surface area contributed by atoms with Gasteiger partial charge in [-0.15, -0.1) is 0 Å². The quantitative estimate of drug-likeness (QED) is 0.722. The molecule has 1 amide bonds. The summed E-state index contributed by atoms with van der Waals surface area (Å²) >= 11 is 3.33. The molecule has 0 bridgehead atoms. The van der Waals surface area contributed by atoms with E-state index in [1.54, 1.807) is 0 Å². The van der Waals surface area contributed by atoms with Gasteiger partial charge in [0, 0.05) is 15.4 Å². The number of primary amides is 1. The summed E-state index contributed by atoms with van der Waals surface area (Å²) in [6, 6.07) is 5.53. The maximum Gasteiger partial charge on any atom is 0.267 e. The van der Waals surface area contributed by atoms with E-state index in [-0.39, 0.29) is 5.69 Å². The molecule has 1 heterocycles. The predicted octanol–water partition coefficient (Wildman–Crippen LogP) is 1.61. The number of hydrogen-bond donors (Lipinski definition) is 3. The lowest BCUT2D eigenvalue weighted by Gasteiger charge is -1.92. The Hall–Kier alpha value is -1.49. The number of hydrogen-bond acceptors (Lipinski definition) is 2. The molecule has 14 heavy (non-hydrogen) atoms. The largest absolute Gasteiger partial charge is 0.396 e. The van der Waals surface area contributed by atoms with Gasteiger partial charge in [0.25, 0.3) is 5.91 Å². The standard InChI is InChI=1S/C9H8BrN3O/c10-4-1-2-5-6(3-4)13-8(7(5)11)9(12)14/h1-3,13H,11H2,(H2,12,14). The Kier molecular flexibility index (Phi) is 1.96. The van der Waals surface area contributed by atoms with E-state index in [4.69, 9.17) is 11.5 Å². The summed E-state index contributed by atoms with van der Waals surface area (Å²) in [6.07, 6.45) is 0. The first kappa shape index (κ1) is 9.08. The van der Waals surface area contributed by atoms with Crippen LogP contribution in [0.25, 0.3) is 10.9 Å². The molecule has 0 fully saturated rings. The van der Waals surface area contributed by atoms with Crippen LogP contribution in [0.5, 0.6) is 0 Å². The maximum atomic E-state index is 11.0. The number of carbonyl (C=O) groups excluding carboxylic acids is 1. The van der Waals surface area contributed by atoms with Gasteiger partial charge >= 0.3 is 0 Å². The minimum absolute atomic E-state index is 0.262. The lowest BCUT2D eigenvalue weighted by Crippen LogP contribution is -2.13. The van der Waals surface area contributed by atoms with Crippen molar-refractivity contribution in [1.29, 1.82) is 0 Å². The van der Waals surface area contributed by atoms with Crippen LogP contribution < -0.4 is 11.5 Å². The van der Waals surface area contributed by atoms with E-state index in [0.717, 1.165) is 15.4 Å². The highest BCUT2D eigenvalue weighted by atomic mass is 79.9. The summed E-state index contributed by atoms with van der Waals surface area (Å²) in [5.41, 5.74) is 12.4. The Morgan fingerprint density at radius 2 is 2.14 bits per heavy atom. The van der Waals surface area contributed by atoms with Crippen molar-refractivity contribution in [3.05, 3.63) is 28.4 Å². The van der Waals surface area contributed by atoms with Crippen LogP contribution in [0, 0.1) is 0 Å². The maximum absolute atomic E-state index is 11.0. The second kappa shape index (κ2) is 3.02. The summed E-state index contributed by atoms with van der Waals surface area (Å²) in [5, 5.41) is 0.807. The molecule has 5 N–H and O–H groups in total. The zero-order valence-corrected chi connectivity index (χ0v) is 8.76. The normalized spacial score (nSPS) is 10.6. The Morgan fingerprint density at radius 3 is 2.79 bits per heavy atom. The Labute approximate surface area is 88.4 Å². The number of fused-ring (bicyclic) bond motifs is 1. The molecule has 0 aliphatic carbocycles. The number of halogens is 1. The van der Waals surface area contributed by atoms with Crippen molar-refractivity contribution >= 4 is 38.4 Å². The molecular weight excluding hydrogens is 246 g/mol. The highest BCUT2D eigenvalue weighted by Crippen LogP contribution is 2.26. The summed E-state index contributed by atoms with van der Waals surface area (Å²) in [4.78, 5) is 13.9. The number of benzene rings is 1. The van der Waals surface area contributed by atoms with Gasteiger partial charge in [-0.1, -0.05) is 15.9 Å². The topological polar surface area (TPSA) is 84.9 Å². The third kappa shape index (κ3) is 1.26.